The molecule has 17 heavy (non-hydrogen) atoms. The molecule has 9 heteroatoms. The number of hydrogen-bond donors (Lipinski definition) is 1. The lowest BCUT2D eigenvalue weighted by atomic mass is 10.2. The second kappa shape index (κ2) is 5.17. The van der Waals surface area contributed by atoms with Crippen molar-refractivity contribution in [2.45, 2.75) is 18.9 Å². The van der Waals surface area contributed by atoms with Gasteiger partial charge in [-0.05, 0) is 12.8 Å². The first kappa shape index (κ1) is 14.8. The van der Waals surface area contributed by atoms with Crippen LogP contribution in [0.15, 0.2) is 0 Å². The van der Waals surface area contributed by atoms with E-state index in [0.29, 0.717) is 19.4 Å². The highest BCUT2D eigenvalue weighted by Crippen LogP contribution is 2.21. The quantitative estimate of drug-likeness (QED) is 0.662. The Bertz CT molecular complexity index is 497. The van der Waals surface area contributed by atoms with Gasteiger partial charge in [-0.2, -0.15) is 4.31 Å². The van der Waals surface area contributed by atoms with E-state index in [2.05, 4.69) is 0 Å². The van der Waals surface area contributed by atoms with Gasteiger partial charge in [-0.25, -0.2) is 16.8 Å². The van der Waals surface area contributed by atoms with Crippen molar-refractivity contribution in [3.63, 3.8) is 0 Å². The van der Waals surface area contributed by atoms with Crippen LogP contribution in [0.5, 0.6) is 0 Å². The fraction of sp³-hybridized carbons (Fsp3) is 0.875. The average molecular weight is 300 g/mol. The molecule has 0 spiro atoms. The third-order valence-electron chi connectivity index (χ3n) is 2.60. The molecule has 1 saturated heterocycles. The summed E-state index contributed by atoms with van der Waals surface area (Å²) in [5.74, 6) is -0.791. The third kappa shape index (κ3) is 4.16. The molecule has 0 amide bonds. The lowest BCUT2D eigenvalue weighted by Crippen LogP contribution is -2.44. The highest BCUT2D eigenvalue weighted by atomic mass is 32.2. The Morgan fingerprint density at radius 1 is 1.35 bits per heavy atom. The van der Waals surface area contributed by atoms with Gasteiger partial charge in [0, 0.05) is 12.8 Å². The van der Waals surface area contributed by atoms with Crippen LogP contribution in [-0.4, -0.2) is 56.5 Å². The molecule has 1 unspecified atom stereocenters. The molecule has 0 saturated carbocycles. The summed E-state index contributed by atoms with van der Waals surface area (Å²) < 4.78 is 47.1. The molecule has 2 N–H and O–H groups in total. The summed E-state index contributed by atoms with van der Waals surface area (Å²) in [4.78, 5) is 0.144. The zero-order valence-corrected chi connectivity index (χ0v) is 11.9. The number of nitrogens with two attached hydrogens (primary N) is 1. The lowest BCUT2D eigenvalue weighted by molar-refractivity contribution is 0.447. The van der Waals surface area contributed by atoms with Gasteiger partial charge in [0.25, 0.3) is 0 Å². The van der Waals surface area contributed by atoms with E-state index < -0.39 is 31.7 Å². The van der Waals surface area contributed by atoms with Crippen LogP contribution in [0, 0.1) is 0 Å². The summed E-state index contributed by atoms with van der Waals surface area (Å²) in [6, 6.07) is -0.463. The van der Waals surface area contributed by atoms with Crippen LogP contribution in [0.25, 0.3) is 0 Å². The highest BCUT2D eigenvalue weighted by Gasteiger charge is 2.35. The summed E-state index contributed by atoms with van der Waals surface area (Å²) >= 11 is 4.81. The van der Waals surface area contributed by atoms with Crippen LogP contribution < -0.4 is 5.73 Å². The fourth-order valence-electron chi connectivity index (χ4n) is 1.73. The van der Waals surface area contributed by atoms with Crippen molar-refractivity contribution in [2.24, 2.45) is 5.73 Å². The minimum absolute atomic E-state index is 0.144. The first-order valence-corrected chi connectivity index (χ1v) is 9.18. The van der Waals surface area contributed by atoms with Gasteiger partial charge in [-0.1, -0.05) is 12.2 Å². The molecule has 1 rings (SSSR count). The normalized spacial score (nSPS) is 22.8. The third-order valence-corrected chi connectivity index (χ3v) is 5.95. The number of hydrogen-bond acceptors (Lipinski definition) is 5. The minimum Gasteiger partial charge on any atom is -0.392 e. The van der Waals surface area contributed by atoms with Crippen molar-refractivity contribution in [3.05, 3.63) is 0 Å². The maximum atomic E-state index is 11.9. The zero-order valence-electron chi connectivity index (χ0n) is 9.50. The molecular weight excluding hydrogens is 284 g/mol. The fourth-order valence-corrected chi connectivity index (χ4v) is 5.35. The van der Waals surface area contributed by atoms with Gasteiger partial charge in [-0.15, -0.1) is 0 Å². The predicted molar refractivity (Wildman–Crippen MR) is 70.0 cm³/mol. The molecule has 1 aliphatic heterocycles. The summed E-state index contributed by atoms with van der Waals surface area (Å²) in [6.45, 7) is 0.355. The second-order valence-electron chi connectivity index (χ2n) is 4.12. The Balaban J connectivity index is 2.80. The number of sulfone groups is 1. The van der Waals surface area contributed by atoms with Gasteiger partial charge in [0.1, 0.15) is 9.84 Å². The van der Waals surface area contributed by atoms with Crippen LogP contribution >= 0.6 is 12.2 Å². The van der Waals surface area contributed by atoms with E-state index in [1.54, 1.807) is 0 Å². The van der Waals surface area contributed by atoms with Gasteiger partial charge in [0.15, 0.2) is 0 Å². The SMILES string of the molecule is CS(=O)(=O)CCS(=O)(=O)N1CCCC1C(N)=S. The van der Waals surface area contributed by atoms with E-state index in [1.165, 1.54) is 4.31 Å². The van der Waals surface area contributed by atoms with Gasteiger partial charge in [-0.3, -0.25) is 0 Å². The van der Waals surface area contributed by atoms with Crippen LogP contribution in [0.4, 0.5) is 0 Å². The van der Waals surface area contributed by atoms with Crippen LogP contribution in [0.1, 0.15) is 12.8 Å². The van der Waals surface area contributed by atoms with Crippen molar-refractivity contribution >= 4 is 37.1 Å². The van der Waals surface area contributed by atoms with Gasteiger partial charge in [0.2, 0.25) is 10.0 Å². The Hall–Kier alpha value is -0.250. The first-order chi connectivity index (χ1) is 7.63. The summed E-state index contributed by atoms with van der Waals surface area (Å²) in [5.41, 5.74) is 5.47. The highest BCUT2D eigenvalue weighted by molar-refractivity contribution is 7.93. The van der Waals surface area contributed by atoms with Gasteiger partial charge < -0.3 is 5.73 Å². The molecule has 0 radical (unpaired) electrons. The standard InChI is InChI=1S/C8H16N2O4S3/c1-16(11,12)5-6-17(13,14)10-4-2-3-7(10)8(9)15/h7H,2-6H2,1H3,(H2,9,15). The Labute approximate surface area is 107 Å². The zero-order chi connectivity index (χ0) is 13.3. The monoisotopic (exact) mass is 300 g/mol. The Morgan fingerprint density at radius 3 is 2.41 bits per heavy atom. The van der Waals surface area contributed by atoms with E-state index in [4.69, 9.17) is 18.0 Å². The topological polar surface area (TPSA) is 97.5 Å². The molecule has 0 bridgehead atoms. The van der Waals surface area contributed by atoms with Crippen molar-refractivity contribution in [2.75, 3.05) is 24.3 Å². The number of nitrogens with zero attached hydrogens (tertiary/aromatic N) is 1. The molecule has 1 atom stereocenters. The van der Waals surface area contributed by atoms with Gasteiger partial charge in [0.05, 0.1) is 22.5 Å². The number of rotatable bonds is 5. The Kier molecular flexibility index (Phi) is 4.50. The minimum atomic E-state index is -3.60. The predicted octanol–water partition coefficient (Wildman–Crippen LogP) is -0.889. The van der Waals surface area contributed by atoms with Crippen molar-refractivity contribution in [1.29, 1.82) is 0 Å². The van der Waals surface area contributed by atoms with Crippen molar-refractivity contribution in [3.8, 4) is 0 Å². The van der Waals surface area contributed by atoms with Crippen LogP contribution in [0.3, 0.4) is 0 Å². The number of thiocarbonyl (C=S) groups is 1. The van der Waals surface area contributed by atoms with E-state index in [1.807, 2.05) is 0 Å². The smallest absolute Gasteiger partial charge is 0.215 e. The summed E-state index contributed by atoms with van der Waals surface area (Å²) in [7, 11) is -6.90. The lowest BCUT2D eigenvalue weighted by Gasteiger charge is -2.22. The van der Waals surface area contributed by atoms with E-state index in [9.17, 15) is 16.8 Å². The van der Waals surface area contributed by atoms with Crippen molar-refractivity contribution in [1.82, 2.24) is 4.31 Å². The molecule has 0 aromatic carbocycles. The number of sulfonamides is 1. The molecule has 100 valence electrons. The first-order valence-electron chi connectivity index (χ1n) is 5.10. The van der Waals surface area contributed by atoms with Crippen molar-refractivity contribution < 1.29 is 16.8 Å². The molecule has 1 aliphatic rings. The molecular formula is C8H16N2O4S3. The molecule has 0 aliphatic carbocycles. The molecule has 0 aromatic rings. The largest absolute Gasteiger partial charge is 0.392 e. The van der Waals surface area contributed by atoms with Crippen LogP contribution in [-0.2, 0) is 19.9 Å². The summed E-state index contributed by atoms with van der Waals surface area (Å²) in [5, 5.41) is 0. The average Bonchev–Trinajstić information content (AvgIpc) is 2.62. The Morgan fingerprint density at radius 2 is 1.94 bits per heavy atom. The van der Waals surface area contributed by atoms with Gasteiger partial charge >= 0.3 is 0 Å². The molecule has 6 nitrogen and oxygen atoms in total. The molecule has 0 aromatic heterocycles. The maximum absolute atomic E-state index is 11.9. The maximum Gasteiger partial charge on any atom is 0.215 e. The second-order valence-corrected chi connectivity index (χ2v) is 8.89. The summed E-state index contributed by atoms with van der Waals surface area (Å²) in [6.07, 6.45) is 2.31. The molecule has 1 fully saturated rings. The van der Waals surface area contributed by atoms with Crippen LogP contribution in [0.2, 0.25) is 0 Å². The molecule has 1 heterocycles. The van der Waals surface area contributed by atoms with E-state index >= 15 is 0 Å². The van der Waals surface area contributed by atoms with E-state index in [0.717, 1.165) is 6.26 Å². The van der Waals surface area contributed by atoms with E-state index in [-0.39, 0.29) is 10.7 Å².